The number of benzene rings is 3. The molecule has 2 heterocycles. The second-order valence-corrected chi connectivity index (χ2v) is 9.58. The highest BCUT2D eigenvalue weighted by molar-refractivity contribution is 6.30. The normalized spacial score (nSPS) is 11.8. The molecule has 0 spiro atoms. The van der Waals surface area contributed by atoms with Crippen molar-refractivity contribution in [3.05, 3.63) is 124 Å². The maximum absolute atomic E-state index is 13.7. The lowest BCUT2D eigenvalue weighted by Gasteiger charge is -2.17. The summed E-state index contributed by atoms with van der Waals surface area (Å²) in [5.74, 6) is -2.24. The first-order valence-electron chi connectivity index (χ1n) is 12.1. The standard InChI is InChI=1S/C30H23ClFN3O4/c31-23-7-4-19(5-8-23)21-10-11-35-17-27(33-28(35)16-21)29(37)34-26(30(38)39)15-20-6-9-25(36)14-22(20)12-18-2-1-3-24(32)13-18/h1-11,13-14,16-17,26,36H,12,15H2,(H,34,37)(H,38,39)/t26-/m0/s1. The number of phenolic OH excluding ortho intramolecular Hbond substituents is 1. The molecule has 0 aliphatic heterocycles. The summed E-state index contributed by atoms with van der Waals surface area (Å²) in [6.07, 6.45) is 3.54. The van der Waals surface area contributed by atoms with Crippen LogP contribution in [0.15, 0.2) is 91.3 Å². The van der Waals surface area contributed by atoms with Crippen LogP contribution in [0.4, 0.5) is 4.39 Å². The molecule has 39 heavy (non-hydrogen) atoms. The van der Waals surface area contributed by atoms with E-state index < -0.39 is 23.7 Å². The van der Waals surface area contributed by atoms with E-state index in [1.807, 2.05) is 24.3 Å². The van der Waals surface area contributed by atoms with Crippen LogP contribution in [-0.4, -0.2) is 37.5 Å². The number of imidazole rings is 1. The molecule has 0 aliphatic carbocycles. The van der Waals surface area contributed by atoms with Gasteiger partial charge in [-0.25, -0.2) is 14.2 Å². The smallest absolute Gasteiger partial charge is 0.326 e. The largest absolute Gasteiger partial charge is 0.508 e. The number of pyridine rings is 1. The van der Waals surface area contributed by atoms with Crippen LogP contribution in [0.3, 0.4) is 0 Å². The van der Waals surface area contributed by atoms with Gasteiger partial charge in [-0.05, 0) is 82.8 Å². The number of rotatable bonds is 8. The Morgan fingerprint density at radius 2 is 1.77 bits per heavy atom. The zero-order valence-electron chi connectivity index (χ0n) is 20.5. The summed E-state index contributed by atoms with van der Waals surface area (Å²) in [6.45, 7) is 0. The summed E-state index contributed by atoms with van der Waals surface area (Å²) in [5, 5.41) is 23.1. The third-order valence-electron chi connectivity index (χ3n) is 6.37. The van der Waals surface area contributed by atoms with Gasteiger partial charge in [-0.15, -0.1) is 0 Å². The second kappa shape index (κ2) is 11.0. The number of amides is 1. The minimum absolute atomic E-state index is 0.00346. The Labute approximate surface area is 228 Å². The Morgan fingerprint density at radius 1 is 0.974 bits per heavy atom. The molecule has 1 amide bonds. The molecule has 196 valence electrons. The van der Waals surface area contributed by atoms with Gasteiger partial charge in [0.1, 0.15) is 28.9 Å². The summed E-state index contributed by atoms with van der Waals surface area (Å²) in [4.78, 5) is 29.5. The molecule has 3 N–H and O–H groups in total. The molecule has 1 atom stereocenters. The number of aliphatic carboxylic acids is 1. The molecule has 0 saturated heterocycles. The molecule has 3 aromatic carbocycles. The molecule has 5 aromatic rings. The third-order valence-corrected chi connectivity index (χ3v) is 6.62. The first kappa shape index (κ1) is 25.9. The number of aromatic hydroxyl groups is 1. The predicted molar refractivity (Wildman–Crippen MR) is 146 cm³/mol. The van der Waals surface area contributed by atoms with Gasteiger partial charge in [-0.1, -0.05) is 41.9 Å². The van der Waals surface area contributed by atoms with Gasteiger partial charge in [0.15, 0.2) is 0 Å². The molecule has 9 heteroatoms. The van der Waals surface area contributed by atoms with Gasteiger partial charge >= 0.3 is 5.97 Å². The maximum atomic E-state index is 13.7. The first-order chi connectivity index (χ1) is 18.7. The van der Waals surface area contributed by atoms with Crippen LogP contribution in [0.25, 0.3) is 16.8 Å². The highest BCUT2D eigenvalue weighted by Gasteiger charge is 2.24. The fourth-order valence-electron chi connectivity index (χ4n) is 4.41. The van der Waals surface area contributed by atoms with Crippen LogP contribution in [0.1, 0.15) is 27.2 Å². The Bertz CT molecular complexity index is 1680. The molecular weight excluding hydrogens is 521 g/mol. The minimum Gasteiger partial charge on any atom is -0.508 e. The van der Waals surface area contributed by atoms with Gasteiger partial charge in [0.25, 0.3) is 5.91 Å². The summed E-state index contributed by atoms with van der Waals surface area (Å²) in [6, 6.07) is 20.4. The summed E-state index contributed by atoms with van der Waals surface area (Å²) >= 11 is 5.98. The molecule has 0 aliphatic rings. The van der Waals surface area contributed by atoms with Crippen molar-refractivity contribution >= 4 is 29.1 Å². The summed E-state index contributed by atoms with van der Waals surface area (Å²) < 4.78 is 15.4. The maximum Gasteiger partial charge on any atom is 0.326 e. The number of fused-ring (bicyclic) bond motifs is 1. The van der Waals surface area contributed by atoms with E-state index in [4.69, 9.17) is 11.6 Å². The number of nitrogens with zero attached hydrogens (tertiary/aromatic N) is 2. The fourth-order valence-corrected chi connectivity index (χ4v) is 4.53. The highest BCUT2D eigenvalue weighted by Crippen LogP contribution is 2.24. The molecular formula is C30H23ClFN3O4. The number of carbonyl (C=O) groups is 2. The predicted octanol–water partition coefficient (Wildman–Crippen LogP) is 5.52. The number of carboxylic acids is 1. The van der Waals surface area contributed by atoms with E-state index in [9.17, 15) is 24.2 Å². The summed E-state index contributed by atoms with van der Waals surface area (Å²) in [5.41, 5.74) is 4.31. The van der Waals surface area contributed by atoms with E-state index in [0.717, 1.165) is 11.1 Å². The topological polar surface area (TPSA) is 104 Å². The van der Waals surface area contributed by atoms with Crippen LogP contribution < -0.4 is 5.32 Å². The molecule has 0 saturated carbocycles. The van der Waals surface area contributed by atoms with Crippen LogP contribution in [-0.2, 0) is 17.6 Å². The van der Waals surface area contributed by atoms with Gasteiger partial charge in [-0.2, -0.15) is 0 Å². The number of carbonyl (C=O) groups excluding carboxylic acids is 1. The van der Waals surface area contributed by atoms with Crippen molar-refractivity contribution in [2.45, 2.75) is 18.9 Å². The zero-order chi connectivity index (χ0) is 27.5. The van der Waals surface area contributed by atoms with Gasteiger partial charge in [0.05, 0.1) is 0 Å². The van der Waals surface area contributed by atoms with Crippen molar-refractivity contribution in [1.82, 2.24) is 14.7 Å². The van der Waals surface area contributed by atoms with Crippen LogP contribution in [0.2, 0.25) is 5.02 Å². The number of carboxylic acid groups (broad SMARTS) is 1. The van der Waals surface area contributed by atoms with Crippen molar-refractivity contribution < 1.29 is 24.2 Å². The summed E-state index contributed by atoms with van der Waals surface area (Å²) in [7, 11) is 0. The van der Waals surface area contributed by atoms with Crippen LogP contribution >= 0.6 is 11.6 Å². The highest BCUT2D eigenvalue weighted by atomic mass is 35.5. The monoisotopic (exact) mass is 543 g/mol. The fraction of sp³-hybridized carbons (Fsp3) is 0.100. The molecule has 0 fully saturated rings. The third kappa shape index (κ3) is 6.08. The number of halogens is 2. The Morgan fingerprint density at radius 3 is 2.51 bits per heavy atom. The lowest BCUT2D eigenvalue weighted by atomic mass is 9.95. The molecule has 7 nitrogen and oxygen atoms in total. The lowest BCUT2D eigenvalue weighted by molar-refractivity contribution is -0.139. The van der Waals surface area contributed by atoms with Gasteiger partial charge in [0, 0.05) is 23.8 Å². The van der Waals surface area contributed by atoms with Crippen molar-refractivity contribution in [1.29, 1.82) is 0 Å². The first-order valence-corrected chi connectivity index (χ1v) is 12.5. The van der Waals surface area contributed by atoms with Crippen molar-refractivity contribution in [2.24, 2.45) is 0 Å². The number of aromatic nitrogens is 2. The Kier molecular flexibility index (Phi) is 7.29. The second-order valence-electron chi connectivity index (χ2n) is 9.14. The van der Waals surface area contributed by atoms with E-state index in [2.05, 4.69) is 10.3 Å². The van der Waals surface area contributed by atoms with Crippen molar-refractivity contribution in [3.63, 3.8) is 0 Å². The number of nitrogens with one attached hydrogen (secondary N) is 1. The molecule has 0 radical (unpaired) electrons. The molecule has 0 unspecified atom stereocenters. The average Bonchev–Trinajstić information content (AvgIpc) is 3.34. The van der Waals surface area contributed by atoms with Crippen LogP contribution in [0, 0.1) is 5.82 Å². The van der Waals surface area contributed by atoms with E-state index in [0.29, 0.717) is 27.4 Å². The molecule has 0 bridgehead atoms. The number of phenols is 1. The van der Waals surface area contributed by atoms with E-state index in [-0.39, 0.29) is 24.3 Å². The minimum atomic E-state index is -1.26. The lowest BCUT2D eigenvalue weighted by Crippen LogP contribution is -2.42. The van der Waals surface area contributed by atoms with Crippen molar-refractivity contribution in [2.75, 3.05) is 0 Å². The van der Waals surface area contributed by atoms with Crippen molar-refractivity contribution in [3.8, 4) is 16.9 Å². The van der Waals surface area contributed by atoms with E-state index in [1.54, 1.807) is 40.9 Å². The zero-order valence-corrected chi connectivity index (χ0v) is 21.3. The quantitative estimate of drug-likeness (QED) is 0.239. The SMILES string of the molecule is O=C(N[C@@H](Cc1ccc(O)cc1Cc1cccc(F)c1)C(=O)O)c1cn2ccc(-c3ccc(Cl)cc3)cc2n1. The molecule has 5 rings (SSSR count). The van der Waals surface area contributed by atoms with E-state index >= 15 is 0 Å². The van der Waals surface area contributed by atoms with Gasteiger partial charge in [-0.3, -0.25) is 4.79 Å². The van der Waals surface area contributed by atoms with Gasteiger partial charge in [0.2, 0.25) is 0 Å². The number of hydrogen-bond donors (Lipinski definition) is 3. The Balaban J connectivity index is 1.36. The molecule has 2 aromatic heterocycles. The Hall–Kier alpha value is -4.69. The van der Waals surface area contributed by atoms with E-state index in [1.165, 1.54) is 30.5 Å². The van der Waals surface area contributed by atoms with Gasteiger partial charge < -0.3 is 19.9 Å². The number of hydrogen-bond acceptors (Lipinski definition) is 4. The average molecular weight is 544 g/mol. The van der Waals surface area contributed by atoms with Crippen LogP contribution in [0.5, 0.6) is 5.75 Å².